The highest BCUT2D eigenvalue weighted by Crippen LogP contribution is 2.41. The molecule has 3 unspecified atom stereocenters. The molecule has 6 rings (SSSR count). The summed E-state index contributed by atoms with van der Waals surface area (Å²) in [5, 5.41) is -0.851. The summed E-state index contributed by atoms with van der Waals surface area (Å²) >= 11 is -1.61. The Bertz CT molecular complexity index is 1260. The van der Waals surface area contributed by atoms with Crippen LogP contribution in [0.3, 0.4) is 0 Å². The summed E-state index contributed by atoms with van der Waals surface area (Å²) in [4.78, 5) is 13.5. The van der Waals surface area contributed by atoms with E-state index in [1.807, 2.05) is 78.9 Å². The Balaban J connectivity index is 1.55. The zero-order chi connectivity index (χ0) is 25.7. The second-order valence-corrected chi connectivity index (χ2v) is 10.7. The summed E-state index contributed by atoms with van der Waals surface area (Å²) in [7, 11) is 0. The van der Waals surface area contributed by atoms with Crippen LogP contribution in [0.25, 0.3) is 0 Å². The number of ether oxygens (including phenoxy) is 2. The van der Waals surface area contributed by atoms with Crippen molar-refractivity contribution in [3.05, 3.63) is 138 Å². The van der Waals surface area contributed by atoms with Crippen LogP contribution in [0.2, 0.25) is 0 Å². The molecule has 4 aromatic carbocycles. The third-order valence-corrected chi connectivity index (χ3v) is 8.28. The summed E-state index contributed by atoms with van der Waals surface area (Å²) in [5.74, 6) is -0.518. The van der Waals surface area contributed by atoms with Crippen LogP contribution in [0, 0.1) is 0 Å². The first-order chi connectivity index (χ1) is 18.1. The molecule has 0 spiro atoms. The molecule has 0 aliphatic carbocycles. The lowest BCUT2D eigenvalue weighted by atomic mass is 9.79. The maximum absolute atomic E-state index is 14.2. The summed E-state index contributed by atoms with van der Waals surface area (Å²) < 4.78 is 39.9. The minimum atomic E-state index is -1.61. The highest BCUT2D eigenvalue weighted by Gasteiger charge is 2.40. The van der Waals surface area contributed by atoms with E-state index in [1.54, 1.807) is 36.4 Å². The van der Waals surface area contributed by atoms with E-state index in [9.17, 15) is 13.7 Å². The van der Waals surface area contributed by atoms with Crippen LogP contribution in [-0.4, -0.2) is 35.2 Å². The van der Waals surface area contributed by atoms with Crippen molar-refractivity contribution in [3.8, 4) is 0 Å². The molecular formula is C31H27FO4S. The fourth-order valence-electron chi connectivity index (χ4n) is 4.77. The number of halogens is 1. The van der Waals surface area contributed by atoms with Crippen LogP contribution in [0.1, 0.15) is 33.5 Å². The number of fused-ring (bicyclic) bond motifs is 7. The molecule has 37 heavy (non-hydrogen) atoms. The predicted octanol–water partition coefficient (Wildman–Crippen LogP) is 6.07. The van der Waals surface area contributed by atoms with Crippen molar-refractivity contribution in [1.82, 2.24) is 0 Å². The van der Waals surface area contributed by atoms with E-state index in [2.05, 4.69) is 0 Å². The summed E-state index contributed by atoms with van der Waals surface area (Å²) in [6.07, 6.45) is -0.749. The van der Waals surface area contributed by atoms with Crippen LogP contribution in [0.4, 0.5) is 4.39 Å². The first-order valence-corrected chi connectivity index (χ1v) is 13.4. The summed E-state index contributed by atoms with van der Waals surface area (Å²) in [6, 6.07) is 35.7. The van der Waals surface area contributed by atoms with E-state index in [4.69, 9.17) is 9.47 Å². The first-order valence-electron chi connectivity index (χ1n) is 12.2. The molecule has 3 atom stereocenters. The average Bonchev–Trinajstić information content (AvgIpc) is 2.97. The maximum Gasteiger partial charge on any atom is 0.338 e. The van der Waals surface area contributed by atoms with Gasteiger partial charge in [-0.3, -0.25) is 0 Å². The van der Waals surface area contributed by atoms with Gasteiger partial charge in [-0.05, 0) is 52.1 Å². The number of benzene rings is 4. The molecule has 2 aliphatic heterocycles. The average molecular weight is 515 g/mol. The van der Waals surface area contributed by atoms with Gasteiger partial charge in [-0.25, -0.2) is 9.18 Å². The first kappa shape index (κ1) is 25.2. The number of carbonyl (C=O) groups is 1. The number of esters is 1. The SMILES string of the molecule is O=C1OC(CC(CF)[S+]([O-])c2ccccc2)COC(c2ccccc2)(c2ccccc2)c2ccc1cc2. The highest BCUT2D eigenvalue weighted by atomic mass is 32.2. The molecule has 0 aromatic heterocycles. The van der Waals surface area contributed by atoms with Gasteiger partial charge < -0.3 is 14.0 Å². The van der Waals surface area contributed by atoms with Crippen LogP contribution in [0.15, 0.2) is 120 Å². The van der Waals surface area contributed by atoms with Crippen LogP contribution < -0.4 is 0 Å². The Hall–Kier alpha value is -3.45. The maximum atomic E-state index is 14.2. The Morgan fingerprint density at radius 2 is 1.32 bits per heavy atom. The van der Waals surface area contributed by atoms with Crippen molar-refractivity contribution >= 4 is 17.1 Å². The second-order valence-electron chi connectivity index (χ2n) is 8.95. The third-order valence-electron chi connectivity index (χ3n) is 6.62. The van der Waals surface area contributed by atoms with Crippen LogP contribution in [-0.2, 0) is 26.3 Å². The molecule has 0 N–H and O–H groups in total. The van der Waals surface area contributed by atoms with E-state index >= 15 is 0 Å². The van der Waals surface area contributed by atoms with Gasteiger partial charge in [0.15, 0.2) is 10.1 Å². The fourth-order valence-corrected chi connectivity index (χ4v) is 6.09. The van der Waals surface area contributed by atoms with Crippen molar-refractivity contribution in [3.63, 3.8) is 0 Å². The Morgan fingerprint density at radius 3 is 1.86 bits per heavy atom. The largest absolute Gasteiger partial charge is 0.611 e. The monoisotopic (exact) mass is 514 g/mol. The molecule has 188 valence electrons. The molecular weight excluding hydrogens is 487 g/mol. The molecule has 2 bridgehead atoms. The van der Waals surface area contributed by atoms with Gasteiger partial charge in [-0.2, -0.15) is 0 Å². The van der Waals surface area contributed by atoms with Crippen LogP contribution >= 0.6 is 0 Å². The zero-order valence-corrected chi connectivity index (χ0v) is 21.0. The number of alkyl halides is 1. The van der Waals surface area contributed by atoms with Gasteiger partial charge in [-0.1, -0.05) is 91.0 Å². The second kappa shape index (κ2) is 11.3. The molecule has 4 aromatic rings. The normalized spacial score (nSPS) is 18.5. The molecule has 2 heterocycles. The molecule has 0 saturated carbocycles. The van der Waals surface area contributed by atoms with E-state index in [0.29, 0.717) is 10.5 Å². The lowest BCUT2D eigenvalue weighted by molar-refractivity contribution is -0.0530. The van der Waals surface area contributed by atoms with Gasteiger partial charge in [0.1, 0.15) is 18.4 Å². The topological polar surface area (TPSA) is 58.6 Å². The Labute approximate surface area is 219 Å². The standard InChI is InChI=1S/C31H27FO4S/c32-21-29(37(34)28-14-8-3-9-15-28)20-27-22-35-31(24-10-4-1-5-11-24,25-12-6-2-7-13-25)26-18-16-23(17-19-26)30(33)36-27/h1-19,27,29H,20-22H2. The molecule has 0 amide bonds. The van der Waals surface area contributed by atoms with E-state index in [0.717, 1.165) is 16.7 Å². The highest BCUT2D eigenvalue weighted by molar-refractivity contribution is 7.92. The van der Waals surface area contributed by atoms with E-state index in [-0.39, 0.29) is 13.0 Å². The Morgan fingerprint density at radius 1 is 0.811 bits per heavy atom. The van der Waals surface area contributed by atoms with Gasteiger partial charge in [0.05, 0.1) is 12.2 Å². The number of carbonyl (C=O) groups excluding carboxylic acids is 1. The number of hydrogen-bond donors (Lipinski definition) is 0. The van der Waals surface area contributed by atoms with Crippen LogP contribution in [0.5, 0.6) is 0 Å². The fraction of sp³-hybridized carbons (Fsp3) is 0.194. The van der Waals surface area contributed by atoms with Crippen molar-refractivity contribution in [2.24, 2.45) is 0 Å². The van der Waals surface area contributed by atoms with Gasteiger partial charge in [0.25, 0.3) is 0 Å². The minimum absolute atomic E-state index is 0.00349. The molecule has 0 fully saturated rings. The molecule has 2 aliphatic rings. The van der Waals surface area contributed by atoms with Gasteiger partial charge >= 0.3 is 5.97 Å². The quantitative estimate of drug-likeness (QED) is 0.222. The smallest absolute Gasteiger partial charge is 0.338 e. The number of hydrogen-bond acceptors (Lipinski definition) is 4. The summed E-state index contributed by atoms with van der Waals surface area (Å²) in [6.45, 7) is -0.817. The zero-order valence-electron chi connectivity index (χ0n) is 20.2. The van der Waals surface area contributed by atoms with E-state index in [1.165, 1.54) is 0 Å². The van der Waals surface area contributed by atoms with Gasteiger partial charge in [0.2, 0.25) is 0 Å². The van der Waals surface area contributed by atoms with Gasteiger partial charge in [0, 0.05) is 6.42 Å². The van der Waals surface area contributed by atoms with Crippen molar-refractivity contribution < 1.29 is 23.2 Å². The van der Waals surface area contributed by atoms with Crippen molar-refractivity contribution in [2.45, 2.75) is 28.3 Å². The lowest BCUT2D eigenvalue weighted by Crippen LogP contribution is -2.40. The molecule has 4 nitrogen and oxygen atoms in total. The minimum Gasteiger partial charge on any atom is -0.611 e. The van der Waals surface area contributed by atoms with Gasteiger partial charge in [-0.15, -0.1) is 0 Å². The molecule has 0 saturated heterocycles. The summed E-state index contributed by atoms with van der Waals surface area (Å²) in [5.41, 5.74) is 2.08. The van der Waals surface area contributed by atoms with E-state index < -0.39 is 40.8 Å². The third kappa shape index (κ3) is 5.18. The predicted molar refractivity (Wildman–Crippen MR) is 142 cm³/mol. The Kier molecular flexibility index (Phi) is 7.70. The molecule has 6 heteroatoms. The lowest BCUT2D eigenvalue weighted by Gasteiger charge is -2.38. The molecule has 0 radical (unpaired) electrons. The van der Waals surface area contributed by atoms with Crippen molar-refractivity contribution in [1.29, 1.82) is 0 Å². The number of rotatable bonds is 7. The van der Waals surface area contributed by atoms with Crippen molar-refractivity contribution in [2.75, 3.05) is 13.3 Å².